The fraction of sp³-hybridized carbons (Fsp3) is 0.429. The molecule has 2 aromatic heterocycles. The molecule has 6 nitrogen and oxygen atoms in total. The topological polar surface area (TPSA) is 52.9 Å². The third-order valence-corrected chi connectivity index (χ3v) is 3.18. The van der Waals surface area contributed by atoms with E-state index in [-0.39, 0.29) is 5.91 Å². The Bertz CT molecular complexity index is 605. The molecule has 0 saturated carbocycles. The summed E-state index contributed by atoms with van der Waals surface area (Å²) >= 11 is 0. The molecule has 0 radical (unpaired) electrons. The molecule has 0 unspecified atom stereocenters. The van der Waals surface area contributed by atoms with Crippen molar-refractivity contribution in [2.75, 3.05) is 39.6 Å². The Morgan fingerprint density at radius 1 is 1.35 bits per heavy atom. The van der Waals surface area contributed by atoms with Crippen molar-refractivity contribution in [2.24, 2.45) is 0 Å². The van der Waals surface area contributed by atoms with Crippen LogP contribution in [0.3, 0.4) is 0 Å². The molecule has 20 heavy (non-hydrogen) atoms. The summed E-state index contributed by atoms with van der Waals surface area (Å²) in [6.07, 6.45) is 1.99. The van der Waals surface area contributed by atoms with E-state index in [1.807, 2.05) is 47.8 Å². The number of imidazole rings is 1. The van der Waals surface area contributed by atoms with Crippen LogP contribution in [-0.4, -0.2) is 54.9 Å². The molecular formula is C14H21N5O. The number of carbonyl (C=O) groups excluding carboxylic acids is 1. The van der Waals surface area contributed by atoms with Crippen LogP contribution in [0.15, 0.2) is 24.4 Å². The molecule has 0 fully saturated rings. The average Bonchev–Trinajstić information content (AvgIpc) is 2.78. The predicted octanol–water partition coefficient (Wildman–Crippen LogP) is 0.578. The van der Waals surface area contributed by atoms with E-state index in [0.717, 1.165) is 17.2 Å². The first kappa shape index (κ1) is 14.3. The molecule has 0 aliphatic carbocycles. The molecule has 2 aromatic rings. The first-order valence-corrected chi connectivity index (χ1v) is 6.56. The Labute approximate surface area is 119 Å². The number of nitrogens with one attached hydrogen (secondary N) is 1. The second-order valence-electron chi connectivity index (χ2n) is 4.99. The lowest BCUT2D eigenvalue weighted by Crippen LogP contribution is -2.35. The van der Waals surface area contributed by atoms with Crippen molar-refractivity contribution in [1.82, 2.24) is 19.6 Å². The van der Waals surface area contributed by atoms with Crippen molar-refractivity contribution in [1.29, 1.82) is 0 Å². The Balaban J connectivity index is 2.37. The molecule has 0 aliphatic rings. The second kappa shape index (κ2) is 5.92. The van der Waals surface area contributed by atoms with Crippen LogP contribution in [0.5, 0.6) is 0 Å². The predicted molar refractivity (Wildman–Crippen MR) is 79.9 cm³/mol. The molecule has 0 atom stereocenters. The van der Waals surface area contributed by atoms with Gasteiger partial charge in [-0.1, -0.05) is 6.07 Å². The minimum absolute atomic E-state index is 0.0555. The molecule has 2 heterocycles. The Hall–Kier alpha value is -2.08. The third-order valence-electron chi connectivity index (χ3n) is 3.18. The Kier molecular flexibility index (Phi) is 4.24. The normalized spacial score (nSPS) is 10.8. The molecule has 0 saturated heterocycles. The summed E-state index contributed by atoms with van der Waals surface area (Å²) in [6, 6.07) is 5.90. The SMILES string of the molecule is CNCc1c(N(C)CC(=O)N(C)C)nc2ccccn12. The zero-order valence-corrected chi connectivity index (χ0v) is 12.4. The number of anilines is 1. The first-order chi connectivity index (χ1) is 9.54. The van der Waals surface area contributed by atoms with Gasteiger partial charge in [0.05, 0.1) is 12.2 Å². The quantitative estimate of drug-likeness (QED) is 0.867. The highest BCUT2D eigenvalue weighted by Crippen LogP contribution is 2.20. The number of aromatic nitrogens is 2. The van der Waals surface area contributed by atoms with E-state index in [1.165, 1.54) is 0 Å². The zero-order valence-electron chi connectivity index (χ0n) is 12.4. The number of hydrogen-bond acceptors (Lipinski definition) is 4. The standard InChI is InChI=1S/C14H21N5O/c1-15-9-11-14(18(4)10-13(20)17(2)3)16-12-7-5-6-8-19(11)12/h5-8,15H,9-10H2,1-4H3. The van der Waals surface area contributed by atoms with Gasteiger partial charge in [0.15, 0.2) is 5.82 Å². The van der Waals surface area contributed by atoms with Gasteiger partial charge < -0.3 is 19.5 Å². The second-order valence-corrected chi connectivity index (χ2v) is 4.99. The van der Waals surface area contributed by atoms with Gasteiger partial charge in [0.1, 0.15) is 5.65 Å². The lowest BCUT2D eigenvalue weighted by Gasteiger charge is -2.20. The van der Waals surface area contributed by atoms with Gasteiger partial charge in [-0.25, -0.2) is 4.98 Å². The highest BCUT2D eigenvalue weighted by molar-refractivity contribution is 5.81. The maximum absolute atomic E-state index is 11.8. The van der Waals surface area contributed by atoms with E-state index >= 15 is 0 Å². The van der Waals surface area contributed by atoms with E-state index in [9.17, 15) is 4.79 Å². The number of rotatable bonds is 5. The first-order valence-electron chi connectivity index (χ1n) is 6.56. The average molecular weight is 275 g/mol. The van der Waals surface area contributed by atoms with Crippen molar-refractivity contribution in [3.05, 3.63) is 30.1 Å². The van der Waals surface area contributed by atoms with Gasteiger partial charge in [0.25, 0.3) is 0 Å². The van der Waals surface area contributed by atoms with E-state index in [1.54, 1.807) is 19.0 Å². The van der Waals surface area contributed by atoms with Crippen LogP contribution in [0, 0.1) is 0 Å². The summed E-state index contributed by atoms with van der Waals surface area (Å²) in [6.45, 7) is 1.01. The van der Waals surface area contributed by atoms with Crippen LogP contribution >= 0.6 is 0 Å². The van der Waals surface area contributed by atoms with Crippen molar-refractivity contribution in [3.63, 3.8) is 0 Å². The maximum atomic E-state index is 11.8. The molecule has 1 N–H and O–H groups in total. The van der Waals surface area contributed by atoms with E-state index in [2.05, 4.69) is 10.3 Å². The summed E-state index contributed by atoms with van der Waals surface area (Å²) in [5, 5.41) is 3.15. The summed E-state index contributed by atoms with van der Waals surface area (Å²) in [5.74, 6) is 0.890. The maximum Gasteiger partial charge on any atom is 0.241 e. The Morgan fingerprint density at radius 2 is 2.10 bits per heavy atom. The fourth-order valence-electron chi connectivity index (χ4n) is 2.09. The molecular weight excluding hydrogens is 254 g/mol. The third kappa shape index (κ3) is 2.75. The minimum atomic E-state index is 0.0555. The molecule has 108 valence electrons. The number of fused-ring (bicyclic) bond motifs is 1. The molecule has 0 bridgehead atoms. The largest absolute Gasteiger partial charge is 0.349 e. The molecule has 0 aliphatic heterocycles. The summed E-state index contributed by atoms with van der Waals surface area (Å²) in [7, 11) is 7.31. The summed E-state index contributed by atoms with van der Waals surface area (Å²) in [5.41, 5.74) is 1.94. The van der Waals surface area contributed by atoms with Crippen molar-refractivity contribution in [3.8, 4) is 0 Å². The lowest BCUT2D eigenvalue weighted by molar-refractivity contribution is -0.127. The van der Waals surface area contributed by atoms with Gasteiger partial charge >= 0.3 is 0 Å². The van der Waals surface area contributed by atoms with Gasteiger partial charge in [-0.2, -0.15) is 0 Å². The van der Waals surface area contributed by atoms with Gasteiger partial charge in [0.2, 0.25) is 5.91 Å². The summed E-state index contributed by atoms with van der Waals surface area (Å²) in [4.78, 5) is 19.9. The monoisotopic (exact) mass is 275 g/mol. The zero-order chi connectivity index (χ0) is 14.7. The van der Waals surface area contributed by atoms with Gasteiger partial charge in [-0.3, -0.25) is 4.79 Å². The lowest BCUT2D eigenvalue weighted by atomic mass is 10.3. The van der Waals surface area contributed by atoms with Crippen LogP contribution in [0.1, 0.15) is 5.69 Å². The number of pyridine rings is 1. The van der Waals surface area contributed by atoms with Gasteiger partial charge in [-0.15, -0.1) is 0 Å². The molecule has 0 spiro atoms. The van der Waals surface area contributed by atoms with E-state index in [0.29, 0.717) is 13.1 Å². The number of likely N-dealkylation sites (N-methyl/N-ethyl adjacent to an activating group) is 2. The molecule has 2 rings (SSSR count). The van der Waals surface area contributed by atoms with Crippen LogP contribution in [0.25, 0.3) is 5.65 Å². The number of carbonyl (C=O) groups is 1. The number of amides is 1. The fourth-order valence-corrected chi connectivity index (χ4v) is 2.09. The summed E-state index contributed by atoms with van der Waals surface area (Å²) < 4.78 is 2.04. The molecule has 0 aromatic carbocycles. The van der Waals surface area contributed by atoms with E-state index in [4.69, 9.17) is 0 Å². The Morgan fingerprint density at radius 3 is 2.75 bits per heavy atom. The van der Waals surface area contributed by atoms with Gasteiger partial charge in [-0.05, 0) is 19.2 Å². The highest BCUT2D eigenvalue weighted by atomic mass is 16.2. The van der Waals surface area contributed by atoms with Gasteiger partial charge in [0, 0.05) is 33.9 Å². The van der Waals surface area contributed by atoms with Crippen LogP contribution in [0.4, 0.5) is 5.82 Å². The molecule has 1 amide bonds. The van der Waals surface area contributed by atoms with E-state index < -0.39 is 0 Å². The van der Waals surface area contributed by atoms with Crippen LogP contribution < -0.4 is 10.2 Å². The number of hydrogen-bond donors (Lipinski definition) is 1. The molecule has 6 heteroatoms. The highest BCUT2D eigenvalue weighted by Gasteiger charge is 2.17. The van der Waals surface area contributed by atoms with Crippen LogP contribution in [0.2, 0.25) is 0 Å². The van der Waals surface area contributed by atoms with Crippen molar-refractivity contribution < 1.29 is 4.79 Å². The minimum Gasteiger partial charge on any atom is -0.349 e. The van der Waals surface area contributed by atoms with Crippen molar-refractivity contribution in [2.45, 2.75) is 6.54 Å². The van der Waals surface area contributed by atoms with Crippen molar-refractivity contribution >= 4 is 17.4 Å². The smallest absolute Gasteiger partial charge is 0.241 e. The van der Waals surface area contributed by atoms with Crippen LogP contribution in [-0.2, 0) is 11.3 Å². The number of nitrogens with zero attached hydrogens (tertiary/aromatic N) is 4.